The number of hydrogen-bond donors (Lipinski definition) is 3. The summed E-state index contributed by atoms with van der Waals surface area (Å²) in [4.78, 5) is 12.4. The molecule has 0 saturated heterocycles. The van der Waals surface area contributed by atoms with E-state index in [9.17, 15) is 4.79 Å². The zero-order valence-corrected chi connectivity index (χ0v) is 11.1. The van der Waals surface area contributed by atoms with Gasteiger partial charge in [-0.2, -0.15) is 5.21 Å². The smallest absolute Gasteiger partial charge is 0.228 e. The second-order valence-corrected chi connectivity index (χ2v) is 4.86. The van der Waals surface area contributed by atoms with Gasteiger partial charge in [0.2, 0.25) is 5.91 Å². The summed E-state index contributed by atoms with van der Waals surface area (Å²) < 4.78 is 0. The Hall–Kier alpha value is -2.44. The topological polar surface area (TPSA) is 95.6 Å². The van der Waals surface area contributed by atoms with E-state index in [0.717, 1.165) is 24.2 Å². The molecule has 7 heteroatoms. The van der Waals surface area contributed by atoms with Gasteiger partial charge < -0.3 is 10.6 Å². The van der Waals surface area contributed by atoms with Crippen molar-refractivity contribution in [3.05, 3.63) is 35.7 Å². The second-order valence-electron chi connectivity index (χ2n) is 4.86. The van der Waals surface area contributed by atoms with Crippen molar-refractivity contribution in [2.75, 3.05) is 11.9 Å². The highest BCUT2D eigenvalue weighted by atomic mass is 16.2. The first-order valence-corrected chi connectivity index (χ1v) is 6.62. The molecule has 0 saturated carbocycles. The fourth-order valence-electron chi connectivity index (χ4n) is 2.47. The molecule has 1 aliphatic rings. The van der Waals surface area contributed by atoms with Crippen LogP contribution in [-0.4, -0.2) is 33.1 Å². The highest BCUT2D eigenvalue weighted by Crippen LogP contribution is 2.31. The molecule has 2 unspecified atom stereocenters. The molecular weight excluding hydrogens is 256 g/mol. The molecule has 7 nitrogen and oxygen atoms in total. The van der Waals surface area contributed by atoms with Crippen LogP contribution in [0.3, 0.4) is 0 Å². The number of anilines is 1. The van der Waals surface area contributed by atoms with Crippen LogP contribution >= 0.6 is 0 Å². The summed E-state index contributed by atoms with van der Waals surface area (Å²) in [6.07, 6.45) is 0.780. The predicted molar refractivity (Wildman–Crippen MR) is 73.0 cm³/mol. The number of fused-ring (bicyclic) bond motifs is 1. The van der Waals surface area contributed by atoms with Crippen molar-refractivity contribution in [3.8, 4) is 0 Å². The first-order chi connectivity index (χ1) is 9.75. The monoisotopic (exact) mass is 272 g/mol. The molecule has 1 aliphatic heterocycles. The highest BCUT2D eigenvalue weighted by molar-refractivity contribution is 5.86. The number of hydrogen-bond acceptors (Lipinski definition) is 5. The number of aromatic nitrogens is 4. The van der Waals surface area contributed by atoms with Gasteiger partial charge in [-0.3, -0.25) is 4.79 Å². The van der Waals surface area contributed by atoms with Crippen molar-refractivity contribution in [2.45, 2.75) is 25.3 Å². The molecule has 2 heterocycles. The third-order valence-electron chi connectivity index (χ3n) is 3.51. The van der Waals surface area contributed by atoms with Crippen molar-refractivity contribution in [3.63, 3.8) is 0 Å². The van der Waals surface area contributed by atoms with E-state index in [1.165, 1.54) is 0 Å². The maximum absolute atomic E-state index is 12.4. The van der Waals surface area contributed by atoms with Crippen molar-refractivity contribution in [1.29, 1.82) is 0 Å². The van der Waals surface area contributed by atoms with Gasteiger partial charge in [-0.1, -0.05) is 23.4 Å². The normalized spacial score (nSPS) is 18.8. The van der Waals surface area contributed by atoms with Crippen LogP contribution in [0.15, 0.2) is 24.3 Å². The van der Waals surface area contributed by atoms with Gasteiger partial charge in [-0.25, -0.2) is 0 Å². The van der Waals surface area contributed by atoms with Crippen LogP contribution in [0.2, 0.25) is 0 Å². The van der Waals surface area contributed by atoms with Gasteiger partial charge in [0.1, 0.15) is 0 Å². The van der Waals surface area contributed by atoms with E-state index < -0.39 is 0 Å². The molecule has 0 aliphatic carbocycles. The Morgan fingerprint density at radius 1 is 1.45 bits per heavy atom. The number of para-hydroxylation sites is 1. The SMILES string of the molecule is CC(NC(=O)C1CCNc2ccccc21)c1nn[nH]n1. The van der Waals surface area contributed by atoms with Crippen molar-refractivity contribution < 1.29 is 4.79 Å². The minimum Gasteiger partial charge on any atom is -0.385 e. The summed E-state index contributed by atoms with van der Waals surface area (Å²) in [5.74, 6) is 0.346. The number of carbonyl (C=O) groups is 1. The molecule has 0 fully saturated rings. The first kappa shape index (κ1) is 12.6. The standard InChI is InChI=1S/C13H16N6O/c1-8(12-16-18-19-17-12)15-13(20)10-6-7-14-11-5-3-2-4-9(10)11/h2-5,8,10,14H,6-7H2,1H3,(H,15,20)(H,16,17,18,19). The fourth-order valence-corrected chi connectivity index (χ4v) is 2.47. The number of carbonyl (C=O) groups excluding carboxylic acids is 1. The van der Waals surface area contributed by atoms with Crippen molar-refractivity contribution >= 4 is 11.6 Å². The largest absolute Gasteiger partial charge is 0.385 e. The minimum absolute atomic E-state index is 0.00347. The van der Waals surface area contributed by atoms with Crippen LogP contribution < -0.4 is 10.6 Å². The van der Waals surface area contributed by atoms with Crippen LogP contribution in [-0.2, 0) is 4.79 Å². The summed E-state index contributed by atoms with van der Waals surface area (Å²) in [7, 11) is 0. The number of nitrogens with one attached hydrogen (secondary N) is 3. The Morgan fingerprint density at radius 2 is 2.30 bits per heavy atom. The number of H-pyrrole nitrogens is 1. The first-order valence-electron chi connectivity index (χ1n) is 6.62. The van der Waals surface area contributed by atoms with Crippen molar-refractivity contribution in [1.82, 2.24) is 25.9 Å². The Balaban J connectivity index is 1.75. The van der Waals surface area contributed by atoms with E-state index in [-0.39, 0.29) is 17.9 Å². The van der Waals surface area contributed by atoms with Crippen LogP contribution in [0.5, 0.6) is 0 Å². The maximum Gasteiger partial charge on any atom is 0.228 e. The third-order valence-corrected chi connectivity index (χ3v) is 3.51. The lowest BCUT2D eigenvalue weighted by molar-refractivity contribution is -0.123. The third kappa shape index (κ3) is 2.34. The molecule has 3 N–H and O–H groups in total. The molecule has 1 amide bonds. The van der Waals surface area contributed by atoms with Gasteiger partial charge in [-0.05, 0) is 25.0 Å². The maximum atomic E-state index is 12.4. The number of tetrazole rings is 1. The summed E-state index contributed by atoms with van der Waals surface area (Å²) in [6.45, 7) is 2.64. The average Bonchev–Trinajstić information content (AvgIpc) is 3.01. The Labute approximate surface area is 116 Å². The number of nitrogens with zero attached hydrogens (tertiary/aromatic N) is 3. The Kier molecular flexibility index (Phi) is 3.32. The molecule has 1 aromatic heterocycles. The van der Waals surface area contributed by atoms with Crippen LogP contribution in [0, 0.1) is 0 Å². The minimum atomic E-state index is -0.261. The van der Waals surface area contributed by atoms with Gasteiger partial charge in [0.25, 0.3) is 0 Å². The Morgan fingerprint density at radius 3 is 3.10 bits per heavy atom. The van der Waals surface area contributed by atoms with Gasteiger partial charge in [0.05, 0.1) is 12.0 Å². The number of benzene rings is 1. The lowest BCUT2D eigenvalue weighted by atomic mass is 9.90. The molecule has 2 aromatic rings. The zero-order chi connectivity index (χ0) is 13.9. The van der Waals surface area contributed by atoms with Crippen LogP contribution in [0.4, 0.5) is 5.69 Å². The van der Waals surface area contributed by atoms with E-state index in [2.05, 4.69) is 31.3 Å². The van der Waals surface area contributed by atoms with Gasteiger partial charge in [-0.15, -0.1) is 10.2 Å². The summed E-state index contributed by atoms with van der Waals surface area (Å²) in [5.41, 5.74) is 2.07. The molecule has 0 bridgehead atoms. The number of amides is 1. The van der Waals surface area contributed by atoms with E-state index in [1.807, 2.05) is 31.2 Å². The molecule has 0 radical (unpaired) electrons. The summed E-state index contributed by atoms with van der Waals surface area (Å²) in [6, 6.07) is 7.65. The second kappa shape index (κ2) is 5.28. The molecule has 3 rings (SSSR count). The fraction of sp³-hybridized carbons (Fsp3) is 0.385. The lowest BCUT2D eigenvalue weighted by Crippen LogP contribution is -2.35. The Bertz CT molecular complexity index is 597. The number of aromatic amines is 1. The van der Waals surface area contributed by atoms with E-state index in [1.54, 1.807) is 0 Å². The molecule has 2 atom stereocenters. The van der Waals surface area contributed by atoms with E-state index >= 15 is 0 Å². The van der Waals surface area contributed by atoms with E-state index in [0.29, 0.717) is 5.82 Å². The van der Waals surface area contributed by atoms with Crippen LogP contribution in [0.25, 0.3) is 0 Å². The molecule has 20 heavy (non-hydrogen) atoms. The van der Waals surface area contributed by atoms with Gasteiger partial charge in [0, 0.05) is 12.2 Å². The van der Waals surface area contributed by atoms with Crippen molar-refractivity contribution in [2.24, 2.45) is 0 Å². The molecular formula is C13H16N6O. The van der Waals surface area contributed by atoms with Gasteiger partial charge >= 0.3 is 0 Å². The molecule has 0 spiro atoms. The average molecular weight is 272 g/mol. The molecule has 1 aromatic carbocycles. The van der Waals surface area contributed by atoms with Crippen LogP contribution in [0.1, 0.15) is 36.7 Å². The summed E-state index contributed by atoms with van der Waals surface area (Å²) in [5, 5.41) is 19.9. The summed E-state index contributed by atoms with van der Waals surface area (Å²) >= 11 is 0. The zero-order valence-electron chi connectivity index (χ0n) is 11.1. The predicted octanol–water partition coefficient (Wildman–Crippen LogP) is 0.976. The number of rotatable bonds is 3. The quantitative estimate of drug-likeness (QED) is 0.774. The lowest BCUT2D eigenvalue weighted by Gasteiger charge is -2.26. The van der Waals surface area contributed by atoms with Gasteiger partial charge in [0.15, 0.2) is 5.82 Å². The highest BCUT2D eigenvalue weighted by Gasteiger charge is 2.27. The molecule has 104 valence electrons. The van der Waals surface area contributed by atoms with E-state index in [4.69, 9.17) is 0 Å².